The van der Waals surface area contributed by atoms with E-state index in [0.717, 1.165) is 5.69 Å². The number of rotatable bonds is 6. The Balaban J connectivity index is 2.12. The lowest BCUT2D eigenvalue weighted by Crippen LogP contribution is -2.18. The second-order valence-corrected chi connectivity index (χ2v) is 6.43. The number of anilines is 3. The fourth-order valence-corrected chi connectivity index (χ4v) is 2.89. The molecule has 1 N–H and O–H groups in total. The molecular weight excluding hydrogens is 288 g/mol. The lowest BCUT2D eigenvalue weighted by atomic mass is 10.3. The van der Waals surface area contributed by atoms with Gasteiger partial charge in [-0.1, -0.05) is 25.1 Å². The zero-order chi connectivity index (χ0) is 15.3. The zero-order valence-electron chi connectivity index (χ0n) is 12.0. The van der Waals surface area contributed by atoms with Crippen molar-refractivity contribution in [1.29, 1.82) is 0 Å². The van der Waals surface area contributed by atoms with Crippen LogP contribution < -0.4 is 9.62 Å². The molecule has 0 radical (unpaired) electrons. The number of sulfonamides is 1. The Labute approximate surface area is 124 Å². The van der Waals surface area contributed by atoms with Crippen LogP contribution in [0.1, 0.15) is 13.3 Å². The summed E-state index contributed by atoms with van der Waals surface area (Å²) in [5.41, 5.74) is 0.978. The van der Waals surface area contributed by atoms with Crippen molar-refractivity contribution in [3.63, 3.8) is 0 Å². The molecule has 2 aromatic rings. The number of para-hydroxylation sites is 1. The molecule has 0 spiro atoms. The van der Waals surface area contributed by atoms with Crippen LogP contribution in [-0.2, 0) is 10.0 Å². The average molecular weight is 306 g/mol. The van der Waals surface area contributed by atoms with Crippen molar-refractivity contribution in [3.8, 4) is 0 Å². The van der Waals surface area contributed by atoms with E-state index in [4.69, 9.17) is 0 Å². The van der Waals surface area contributed by atoms with Gasteiger partial charge in [0.25, 0.3) is 0 Å². The van der Waals surface area contributed by atoms with Crippen LogP contribution in [0.15, 0.2) is 42.5 Å². The molecule has 21 heavy (non-hydrogen) atoms. The van der Waals surface area contributed by atoms with Gasteiger partial charge in [-0.25, -0.2) is 8.42 Å². The van der Waals surface area contributed by atoms with Gasteiger partial charge < -0.3 is 4.90 Å². The molecule has 1 heterocycles. The third kappa shape index (κ3) is 4.16. The van der Waals surface area contributed by atoms with Gasteiger partial charge in [-0.2, -0.15) is 0 Å². The van der Waals surface area contributed by atoms with Crippen molar-refractivity contribution in [2.75, 3.05) is 22.4 Å². The van der Waals surface area contributed by atoms with E-state index in [-0.39, 0.29) is 11.6 Å². The molecule has 0 bridgehead atoms. The van der Waals surface area contributed by atoms with Crippen molar-refractivity contribution in [1.82, 2.24) is 10.2 Å². The highest BCUT2D eigenvalue weighted by Gasteiger charge is 2.11. The van der Waals surface area contributed by atoms with E-state index < -0.39 is 10.0 Å². The molecule has 7 heteroatoms. The van der Waals surface area contributed by atoms with E-state index in [1.54, 1.807) is 12.1 Å². The van der Waals surface area contributed by atoms with Crippen molar-refractivity contribution < 1.29 is 8.42 Å². The summed E-state index contributed by atoms with van der Waals surface area (Å²) in [5, 5.41) is 7.96. The van der Waals surface area contributed by atoms with Gasteiger partial charge in [0.15, 0.2) is 11.6 Å². The second kappa shape index (κ2) is 6.53. The molecule has 0 aliphatic rings. The van der Waals surface area contributed by atoms with Gasteiger partial charge >= 0.3 is 0 Å². The summed E-state index contributed by atoms with van der Waals surface area (Å²) in [5.74, 6) is 0.939. The van der Waals surface area contributed by atoms with Crippen molar-refractivity contribution >= 4 is 27.3 Å². The van der Waals surface area contributed by atoms with E-state index in [2.05, 4.69) is 14.9 Å². The highest BCUT2D eigenvalue weighted by atomic mass is 32.2. The molecule has 0 saturated carbocycles. The lowest BCUT2D eigenvalue weighted by Gasteiger charge is -2.17. The number of benzene rings is 1. The summed E-state index contributed by atoms with van der Waals surface area (Å²) in [4.78, 5) is 1.87. The van der Waals surface area contributed by atoms with E-state index in [9.17, 15) is 8.42 Å². The summed E-state index contributed by atoms with van der Waals surface area (Å²) in [6, 6.07) is 13.1. The van der Waals surface area contributed by atoms with Crippen LogP contribution in [0.25, 0.3) is 0 Å². The molecule has 112 valence electrons. The Kier molecular flexibility index (Phi) is 4.74. The van der Waals surface area contributed by atoms with E-state index in [0.29, 0.717) is 12.2 Å². The molecule has 0 aliphatic carbocycles. The number of hydrogen-bond acceptors (Lipinski definition) is 5. The van der Waals surface area contributed by atoms with Crippen molar-refractivity contribution in [2.45, 2.75) is 13.3 Å². The predicted molar refractivity (Wildman–Crippen MR) is 84.2 cm³/mol. The van der Waals surface area contributed by atoms with Crippen LogP contribution in [0.5, 0.6) is 0 Å². The van der Waals surface area contributed by atoms with Gasteiger partial charge in [-0.15, -0.1) is 10.2 Å². The minimum Gasteiger partial charge on any atom is -0.328 e. The quantitative estimate of drug-likeness (QED) is 0.887. The largest absolute Gasteiger partial charge is 0.328 e. The molecule has 6 nitrogen and oxygen atoms in total. The van der Waals surface area contributed by atoms with Crippen LogP contribution in [0.3, 0.4) is 0 Å². The fourth-order valence-electron chi connectivity index (χ4n) is 1.82. The lowest BCUT2D eigenvalue weighted by molar-refractivity contribution is 0.599. The summed E-state index contributed by atoms with van der Waals surface area (Å²) >= 11 is 0. The molecule has 0 amide bonds. The van der Waals surface area contributed by atoms with Gasteiger partial charge in [0.05, 0.1) is 5.75 Å². The summed E-state index contributed by atoms with van der Waals surface area (Å²) < 4.78 is 25.7. The second-order valence-electron chi connectivity index (χ2n) is 4.59. The molecule has 0 aliphatic heterocycles. The number of nitrogens with zero attached hydrogens (tertiary/aromatic N) is 3. The highest BCUT2D eigenvalue weighted by Crippen LogP contribution is 2.21. The van der Waals surface area contributed by atoms with Crippen LogP contribution >= 0.6 is 0 Å². The smallest absolute Gasteiger partial charge is 0.233 e. The third-order valence-electron chi connectivity index (χ3n) is 2.87. The molecule has 1 aromatic carbocycles. The highest BCUT2D eigenvalue weighted by molar-refractivity contribution is 7.92. The maximum absolute atomic E-state index is 11.7. The maximum atomic E-state index is 11.7. The minimum absolute atomic E-state index is 0.0698. The Morgan fingerprint density at radius 3 is 2.38 bits per heavy atom. The van der Waals surface area contributed by atoms with Crippen LogP contribution in [0.4, 0.5) is 17.3 Å². The summed E-state index contributed by atoms with van der Waals surface area (Å²) in [6.07, 6.45) is 0.553. The topological polar surface area (TPSA) is 75.2 Å². The summed E-state index contributed by atoms with van der Waals surface area (Å²) in [7, 11) is -1.46. The van der Waals surface area contributed by atoms with E-state index in [1.807, 2.05) is 49.2 Å². The first-order valence-corrected chi connectivity index (χ1v) is 8.30. The van der Waals surface area contributed by atoms with Crippen LogP contribution in [-0.4, -0.2) is 31.4 Å². The zero-order valence-corrected chi connectivity index (χ0v) is 12.8. The SMILES string of the molecule is CCCS(=O)(=O)Nc1ccc(N(C)c2ccccc2)nn1. The first-order chi connectivity index (χ1) is 10.0. The Hall–Kier alpha value is -2.15. The minimum atomic E-state index is -3.34. The molecule has 2 rings (SSSR count). The van der Waals surface area contributed by atoms with Crippen LogP contribution in [0.2, 0.25) is 0 Å². The van der Waals surface area contributed by atoms with E-state index in [1.165, 1.54) is 0 Å². The Morgan fingerprint density at radius 1 is 1.10 bits per heavy atom. The summed E-state index contributed by atoms with van der Waals surface area (Å²) in [6.45, 7) is 1.81. The first-order valence-electron chi connectivity index (χ1n) is 6.65. The van der Waals surface area contributed by atoms with Gasteiger partial charge in [0.2, 0.25) is 10.0 Å². The van der Waals surface area contributed by atoms with Crippen LogP contribution in [0, 0.1) is 0 Å². The average Bonchev–Trinajstić information content (AvgIpc) is 2.48. The number of nitrogens with one attached hydrogen (secondary N) is 1. The normalized spacial score (nSPS) is 11.1. The first kappa shape index (κ1) is 15.2. The predicted octanol–water partition coefficient (Wildman–Crippen LogP) is 2.40. The number of aromatic nitrogens is 2. The van der Waals surface area contributed by atoms with Gasteiger partial charge in [0, 0.05) is 12.7 Å². The maximum Gasteiger partial charge on any atom is 0.233 e. The van der Waals surface area contributed by atoms with Gasteiger partial charge in [-0.05, 0) is 30.7 Å². The monoisotopic (exact) mass is 306 g/mol. The van der Waals surface area contributed by atoms with Crippen molar-refractivity contribution in [2.24, 2.45) is 0 Å². The molecule has 1 aromatic heterocycles. The molecular formula is C14H18N4O2S. The standard InChI is InChI=1S/C14H18N4O2S/c1-3-11-21(19,20)17-13-9-10-14(16-15-13)18(2)12-7-5-4-6-8-12/h4-10H,3,11H2,1-2H3,(H,15,17). The molecule has 0 atom stereocenters. The number of hydrogen-bond donors (Lipinski definition) is 1. The third-order valence-corrected chi connectivity index (χ3v) is 4.34. The van der Waals surface area contributed by atoms with E-state index >= 15 is 0 Å². The molecule has 0 fully saturated rings. The Bertz CT molecular complexity index is 672. The van der Waals surface area contributed by atoms with Gasteiger partial charge in [0.1, 0.15) is 0 Å². The van der Waals surface area contributed by atoms with Crippen molar-refractivity contribution in [3.05, 3.63) is 42.5 Å². The van der Waals surface area contributed by atoms with Gasteiger partial charge in [-0.3, -0.25) is 4.72 Å². The molecule has 0 unspecified atom stereocenters. The molecule has 0 saturated heterocycles. The Morgan fingerprint density at radius 2 is 1.81 bits per heavy atom. The fraction of sp³-hybridized carbons (Fsp3) is 0.286.